The molecular weight excluding hydrogens is 566 g/mol. The summed E-state index contributed by atoms with van der Waals surface area (Å²) < 4.78 is 0. The third-order valence-corrected chi connectivity index (χ3v) is 7.20. The van der Waals surface area contributed by atoms with Gasteiger partial charge in [-0.15, -0.1) is 0 Å². The summed E-state index contributed by atoms with van der Waals surface area (Å²) >= 11 is 5.93. The van der Waals surface area contributed by atoms with Gasteiger partial charge in [-0.2, -0.15) is 4.98 Å². The lowest BCUT2D eigenvalue weighted by molar-refractivity contribution is -0.117. The van der Waals surface area contributed by atoms with Gasteiger partial charge >= 0.3 is 6.03 Å². The molecule has 1 aliphatic carbocycles. The minimum absolute atomic E-state index is 0.0627. The maximum Gasteiger partial charge on any atom is 0.326 e. The van der Waals surface area contributed by atoms with E-state index < -0.39 is 0 Å². The maximum atomic E-state index is 14.1. The lowest BCUT2D eigenvalue weighted by atomic mass is 9.89. The molecule has 0 spiro atoms. The smallest absolute Gasteiger partial charge is 0.326 e. The zero-order valence-corrected chi connectivity index (χ0v) is 26.5. The second-order valence-electron chi connectivity index (χ2n) is 10.5. The van der Waals surface area contributed by atoms with Crippen LogP contribution in [0, 0.1) is 5.41 Å². The molecule has 232 valence electrons. The van der Waals surface area contributed by atoms with Crippen molar-refractivity contribution in [1.29, 1.82) is 5.41 Å². The van der Waals surface area contributed by atoms with Crippen molar-refractivity contribution in [3.8, 4) is 0 Å². The molecule has 0 bridgehead atoms. The fourth-order valence-corrected chi connectivity index (χ4v) is 5.22. The largest absolute Gasteiger partial charge is 0.392 e. The Morgan fingerprint density at radius 2 is 1.95 bits per heavy atom. The lowest BCUT2D eigenvalue weighted by Crippen LogP contribution is -2.54. The van der Waals surface area contributed by atoms with Crippen LogP contribution >= 0.6 is 11.6 Å². The van der Waals surface area contributed by atoms with E-state index in [0.717, 1.165) is 30.4 Å². The van der Waals surface area contributed by atoms with Crippen molar-refractivity contribution in [1.82, 2.24) is 30.4 Å². The lowest BCUT2D eigenvalue weighted by Gasteiger charge is -2.43. The molecule has 1 saturated carbocycles. The number of nitrogens with zero attached hydrogens (tertiary/aromatic N) is 5. The molecule has 2 atom stereocenters. The van der Waals surface area contributed by atoms with Gasteiger partial charge in [-0.3, -0.25) is 15.1 Å². The van der Waals surface area contributed by atoms with Gasteiger partial charge in [0.2, 0.25) is 11.9 Å². The molecule has 0 saturated heterocycles. The summed E-state index contributed by atoms with van der Waals surface area (Å²) in [6.45, 7) is 5.51. The molecule has 12 heteroatoms. The first-order valence-electron chi connectivity index (χ1n) is 14.7. The average Bonchev–Trinajstić information content (AvgIpc) is 2.99. The van der Waals surface area contributed by atoms with Gasteiger partial charge in [0.1, 0.15) is 11.0 Å². The van der Waals surface area contributed by atoms with E-state index in [2.05, 4.69) is 20.9 Å². The molecule has 1 fully saturated rings. The van der Waals surface area contributed by atoms with E-state index in [-0.39, 0.29) is 35.1 Å². The minimum atomic E-state index is -0.201. The van der Waals surface area contributed by atoms with Gasteiger partial charge in [-0.1, -0.05) is 61.9 Å². The van der Waals surface area contributed by atoms with Gasteiger partial charge in [-0.25, -0.2) is 9.78 Å². The van der Waals surface area contributed by atoms with Crippen molar-refractivity contribution in [2.24, 2.45) is 0 Å². The standard InChI is InChI=1S/C29H38ClN9O2.C2H6/c1-32-17-24(26(30)31)35-28-33-16-21-19-38(18-20-9-5-4-6-10-20)29(41)39(27(21)36-28)23-12-7-11-22(15-23)34-25(40)13-8-14-37(2)3;1-2/h4-6,8-10,13,16-17,22-23,31-32H,7,11-12,14-15,18-19H2,1-3H3,(H,34,40)(H,33,35,36);1-2H3/b13-8+,24-17+,31-26?;. The highest BCUT2D eigenvalue weighted by Gasteiger charge is 2.39. The number of amides is 3. The Bertz CT molecular complexity index is 1300. The molecule has 4 N–H and O–H groups in total. The number of likely N-dealkylation sites (N-methyl/N-ethyl adjacent to an activating group) is 1. The number of nitrogens with one attached hydrogen (secondary N) is 4. The van der Waals surface area contributed by atoms with Gasteiger partial charge in [-0.05, 0) is 45.3 Å². The number of anilines is 2. The van der Waals surface area contributed by atoms with Crippen molar-refractivity contribution in [2.45, 2.75) is 64.7 Å². The molecule has 2 heterocycles. The number of carbonyl (C=O) groups excluding carboxylic acids is 2. The van der Waals surface area contributed by atoms with E-state index in [1.54, 1.807) is 35.3 Å². The molecule has 0 radical (unpaired) electrons. The van der Waals surface area contributed by atoms with Crippen LogP contribution in [0.1, 0.15) is 50.7 Å². The Morgan fingerprint density at radius 1 is 1.21 bits per heavy atom. The third kappa shape index (κ3) is 9.52. The first-order chi connectivity index (χ1) is 20.7. The number of benzene rings is 1. The second kappa shape index (κ2) is 16.6. The van der Waals surface area contributed by atoms with E-state index in [1.165, 1.54) is 0 Å². The number of urea groups is 1. The highest BCUT2D eigenvalue weighted by molar-refractivity contribution is 6.68. The normalized spacial score (nSPS) is 18.6. The first-order valence-corrected chi connectivity index (χ1v) is 15.1. The van der Waals surface area contributed by atoms with Gasteiger partial charge < -0.3 is 25.8 Å². The van der Waals surface area contributed by atoms with Gasteiger partial charge in [0, 0.05) is 56.3 Å². The topological polar surface area (TPSA) is 130 Å². The molecule has 1 aromatic heterocycles. The van der Waals surface area contributed by atoms with Gasteiger partial charge in [0.25, 0.3) is 0 Å². The van der Waals surface area contributed by atoms with Gasteiger partial charge in [0.05, 0.1) is 12.2 Å². The number of aromatic nitrogens is 2. The highest BCUT2D eigenvalue weighted by atomic mass is 35.5. The number of hydrogen-bond donors (Lipinski definition) is 4. The second-order valence-corrected chi connectivity index (χ2v) is 10.9. The summed E-state index contributed by atoms with van der Waals surface area (Å²) in [7, 11) is 5.60. The molecule has 2 unspecified atom stereocenters. The zero-order valence-electron chi connectivity index (χ0n) is 25.7. The Kier molecular flexibility index (Phi) is 13.0. The summed E-state index contributed by atoms with van der Waals surface area (Å²) in [5, 5.41) is 16.6. The molecule has 1 aromatic carbocycles. The Hall–Kier alpha value is -3.96. The van der Waals surface area contributed by atoms with Crippen LogP contribution in [-0.2, 0) is 17.9 Å². The summed E-state index contributed by atoms with van der Waals surface area (Å²) in [5.74, 6) is 0.635. The zero-order chi connectivity index (χ0) is 31.4. The van der Waals surface area contributed by atoms with E-state index >= 15 is 0 Å². The SMILES string of the molecule is CC.CN/C=C(/Nc1ncc2c(n1)N(C1CCCC(NC(=O)/C=C/CN(C)C)C1)C(=O)N(Cc1ccccc1)C2)C(=N)Cl. The number of allylic oxidation sites excluding steroid dienone is 1. The van der Waals surface area contributed by atoms with Crippen LogP contribution in [0.3, 0.4) is 0 Å². The minimum Gasteiger partial charge on any atom is -0.392 e. The number of halogens is 1. The molecule has 11 nitrogen and oxygen atoms in total. The first kappa shape index (κ1) is 33.5. The monoisotopic (exact) mass is 609 g/mol. The molecular formula is C31H44ClN9O2. The van der Waals surface area contributed by atoms with Crippen LogP contribution in [0.25, 0.3) is 0 Å². The summed E-state index contributed by atoms with van der Waals surface area (Å²) in [6.07, 6.45) is 9.78. The third-order valence-electron chi connectivity index (χ3n) is 6.99. The number of fused-ring (bicyclic) bond motifs is 1. The van der Waals surface area contributed by atoms with Crippen LogP contribution in [0.15, 0.2) is 60.6 Å². The van der Waals surface area contributed by atoms with Crippen LogP contribution < -0.4 is 20.9 Å². The Labute approximate surface area is 259 Å². The molecule has 2 aromatic rings. The van der Waals surface area contributed by atoms with E-state index in [9.17, 15) is 9.59 Å². The fraction of sp³-hybridized carbons (Fsp3) is 0.452. The molecule has 4 rings (SSSR count). The summed E-state index contributed by atoms with van der Waals surface area (Å²) in [4.78, 5) is 41.4. The van der Waals surface area contributed by atoms with Crippen LogP contribution in [0.4, 0.5) is 16.6 Å². The Morgan fingerprint density at radius 3 is 2.63 bits per heavy atom. The molecule has 3 amide bonds. The fourth-order valence-electron chi connectivity index (χ4n) is 5.12. The predicted molar refractivity (Wildman–Crippen MR) is 173 cm³/mol. The summed E-state index contributed by atoms with van der Waals surface area (Å²) in [5.41, 5.74) is 2.16. The van der Waals surface area contributed by atoms with Gasteiger partial charge in [0.15, 0.2) is 0 Å². The van der Waals surface area contributed by atoms with Crippen molar-refractivity contribution >= 4 is 40.5 Å². The van der Waals surface area contributed by atoms with Crippen molar-refractivity contribution in [3.05, 3.63) is 71.7 Å². The molecule has 1 aliphatic heterocycles. The highest BCUT2D eigenvalue weighted by Crippen LogP contribution is 2.35. The maximum absolute atomic E-state index is 14.1. The number of carbonyl (C=O) groups is 2. The summed E-state index contributed by atoms with van der Waals surface area (Å²) in [6, 6.07) is 9.52. The number of rotatable bonds is 11. The van der Waals surface area contributed by atoms with Crippen LogP contribution in [0.5, 0.6) is 0 Å². The van der Waals surface area contributed by atoms with Crippen LogP contribution in [0.2, 0.25) is 0 Å². The molecule has 2 aliphatic rings. The van der Waals surface area contributed by atoms with Crippen molar-refractivity contribution in [2.75, 3.05) is 37.9 Å². The average molecular weight is 610 g/mol. The van der Waals surface area contributed by atoms with E-state index in [4.69, 9.17) is 22.0 Å². The quantitative estimate of drug-likeness (QED) is 0.215. The van der Waals surface area contributed by atoms with Crippen molar-refractivity contribution in [3.63, 3.8) is 0 Å². The van der Waals surface area contributed by atoms with Crippen molar-refractivity contribution < 1.29 is 9.59 Å². The number of hydrogen-bond acceptors (Lipinski definition) is 8. The van der Waals surface area contributed by atoms with E-state index in [0.29, 0.717) is 37.6 Å². The Balaban J connectivity index is 0.00000248. The predicted octanol–water partition coefficient (Wildman–Crippen LogP) is 4.68. The molecule has 43 heavy (non-hydrogen) atoms. The van der Waals surface area contributed by atoms with E-state index in [1.807, 2.05) is 69.3 Å². The van der Waals surface area contributed by atoms with Crippen LogP contribution in [-0.4, -0.2) is 76.6 Å².